The van der Waals surface area contributed by atoms with E-state index in [2.05, 4.69) is 15.0 Å². The molecule has 2 aromatic heterocycles. The van der Waals surface area contributed by atoms with Crippen LogP contribution in [-0.4, -0.2) is 28.2 Å². The van der Waals surface area contributed by atoms with Gasteiger partial charge in [0.05, 0.1) is 12.1 Å². The van der Waals surface area contributed by atoms with Gasteiger partial charge in [0.15, 0.2) is 10.5 Å². The van der Waals surface area contributed by atoms with Crippen molar-refractivity contribution in [1.82, 2.24) is 15.0 Å². The molecule has 0 bridgehead atoms. The predicted molar refractivity (Wildman–Crippen MR) is 56.5 cm³/mol. The molecule has 2 aromatic rings. The molecule has 0 aliphatic carbocycles. The van der Waals surface area contributed by atoms with E-state index in [0.717, 1.165) is 16.3 Å². The van der Waals surface area contributed by atoms with Gasteiger partial charge < -0.3 is 10.5 Å². The highest BCUT2D eigenvalue weighted by molar-refractivity contribution is 7.18. The van der Waals surface area contributed by atoms with Crippen molar-refractivity contribution < 1.29 is 4.74 Å². The van der Waals surface area contributed by atoms with Crippen LogP contribution in [0, 0.1) is 0 Å². The summed E-state index contributed by atoms with van der Waals surface area (Å²) in [5, 5.41) is 0.876. The van der Waals surface area contributed by atoms with Crippen LogP contribution in [0.15, 0.2) is 12.4 Å². The number of aromatic nitrogens is 3. The molecule has 1 fully saturated rings. The molecule has 0 saturated carbocycles. The Morgan fingerprint density at radius 1 is 1.40 bits per heavy atom. The van der Waals surface area contributed by atoms with Crippen molar-refractivity contribution in [2.24, 2.45) is 5.73 Å². The lowest BCUT2D eigenvalue weighted by Crippen LogP contribution is -2.36. The molecular formula is C9H10N4OS. The van der Waals surface area contributed by atoms with Gasteiger partial charge in [0.1, 0.15) is 5.01 Å². The maximum Gasteiger partial charge on any atom is 0.189 e. The molecule has 1 atom stereocenters. The third-order valence-electron chi connectivity index (χ3n) is 2.53. The zero-order valence-electron chi connectivity index (χ0n) is 8.01. The van der Waals surface area contributed by atoms with E-state index in [9.17, 15) is 0 Å². The van der Waals surface area contributed by atoms with Crippen LogP contribution in [0.25, 0.3) is 10.5 Å². The van der Waals surface area contributed by atoms with Gasteiger partial charge >= 0.3 is 0 Å². The zero-order valence-corrected chi connectivity index (χ0v) is 8.83. The Hall–Kier alpha value is -1.11. The van der Waals surface area contributed by atoms with E-state index in [4.69, 9.17) is 10.5 Å². The van der Waals surface area contributed by atoms with Crippen molar-refractivity contribution in [3.05, 3.63) is 17.4 Å². The van der Waals surface area contributed by atoms with Gasteiger partial charge in [-0.15, -0.1) is 0 Å². The summed E-state index contributed by atoms with van der Waals surface area (Å²) in [6.07, 6.45) is 4.12. The molecule has 1 aliphatic heterocycles. The largest absolute Gasteiger partial charge is 0.379 e. The molecule has 0 aromatic carbocycles. The highest BCUT2D eigenvalue weighted by Gasteiger charge is 2.35. The molecule has 0 spiro atoms. The fraction of sp³-hybridized carbons (Fsp3) is 0.444. The lowest BCUT2D eigenvalue weighted by atomic mass is 10.0. The van der Waals surface area contributed by atoms with Gasteiger partial charge in [-0.3, -0.25) is 0 Å². The molecule has 3 heterocycles. The van der Waals surface area contributed by atoms with Crippen LogP contribution in [-0.2, 0) is 10.3 Å². The van der Waals surface area contributed by atoms with Gasteiger partial charge in [-0.25, -0.2) is 15.0 Å². The van der Waals surface area contributed by atoms with Crippen LogP contribution in [0.2, 0.25) is 0 Å². The van der Waals surface area contributed by atoms with E-state index in [-0.39, 0.29) is 0 Å². The SMILES string of the molecule is NC1(c2nc3nccnc3s2)CCOC1. The van der Waals surface area contributed by atoms with Crippen LogP contribution in [0.1, 0.15) is 11.4 Å². The third kappa shape index (κ3) is 1.41. The number of hydrogen-bond donors (Lipinski definition) is 1. The zero-order chi connectivity index (χ0) is 10.3. The van der Waals surface area contributed by atoms with Crippen LogP contribution < -0.4 is 5.73 Å². The van der Waals surface area contributed by atoms with Crippen molar-refractivity contribution in [1.29, 1.82) is 0 Å². The third-order valence-corrected chi connectivity index (χ3v) is 3.70. The molecular weight excluding hydrogens is 212 g/mol. The van der Waals surface area contributed by atoms with Gasteiger partial charge in [-0.05, 0) is 6.42 Å². The van der Waals surface area contributed by atoms with E-state index < -0.39 is 5.54 Å². The number of nitrogens with two attached hydrogens (primary N) is 1. The normalized spacial score (nSPS) is 26.2. The molecule has 1 unspecified atom stereocenters. The highest BCUT2D eigenvalue weighted by atomic mass is 32.1. The van der Waals surface area contributed by atoms with Crippen molar-refractivity contribution in [2.45, 2.75) is 12.0 Å². The van der Waals surface area contributed by atoms with Crippen molar-refractivity contribution in [3.63, 3.8) is 0 Å². The summed E-state index contributed by atoms with van der Waals surface area (Å²) in [5.41, 5.74) is 6.45. The summed E-state index contributed by atoms with van der Waals surface area (Å²) in [4.78, 5) is 13.6. The highest BCUT2D eigenvalue weighted by Crippen LogP contribution is 2.32. The average Bonchev–Trinajstić information content (AvgIpc) is 2.84. The van der Waals surface area contributed by atoms with E-state index in [1.165, 1.54) is 11.3 Å². The summed E-state index contributed by atoms with van der Waals surface area (Å²) < 4.78 is 5.31. The number of rotatable bonds is 1. The van der Waals surface area contributed by atoms with Gasteiger partial charge in [0, 0.05) is 19.0 Å². The Morgan fingerprint density at radius 2 is 2.27 bits per heavy atom. The number of ether oxygens (including phenoxy) is 1. The minimum Gasteiger partial charge on any atom is -0.379 e. The smallest absolute Gasteiger partial charge is 0.189 e. The standard InChI is InChI=1S/C9H10N4OS/c10-9(1-4-14-5-9)8-13-6-7(15-8)12-3-2-11-6/h2-3H,1,4-5,10H2. The Bertz CT molecular complexity index is 459. The van der Waals surface area contributed by atoms with Gasteiger partial charge in [-0.2, -0.15) is 0 Å². The second kappa shape index (κ2) is 3.19. The van der Waals surface area contributed by atoms with E-state index >= 15 is 0 Å². The topological polar surface area (TPSA) is 73.9 Å². The Morgan fingerprint density at radius 3 is 3.00 bits per heavy atom. The number of hydrogen-bond acceptors (Lipinski definition) is 6. The summed E-state index contributed by atoms with van der Waals surface area (Å²) in [6, 6.07) is 0. The predicted octanol–water partition coefficient (Wildman–Crippen LogP) is 0.661. The quantitative estimate of drug-likeness (QED) is 0.767. The molecule has 5 nitrogen and oxygen atoms in total. The molecule has 6 heteroatoms. The first-order valence-electron chi connectivity index (χ1n) is 4.73. The van der Waals surface area contributed by atoms with Crippen LogP contribution >= 0.6 is 11.3 Å². The van der Waals surface area contributed by atoms with E-state index in [1.807, 2.05) is 0 Å². The second-order valence-corrected chi connectivity index (χ2v) is 4.64. The minimum atomic E-state index is -0.437. The summed E-state index contributed by atoms with van der Waals surface area (Å²) in [7, 11) is 0. The van der Waals surface area contributed by atoms with Gasteiger partial charge in [-0.1, -0.05) is 11.3 Å². The number of nitrogens with zero attached hydrogens (tertiary/aromatic N) is 3. The lowest BCUT2D eigenvalue weighted by molar-refractivity contribution is 0.178. The molecule has 2 N–H and O–H groups in total. The number of fused-ring (bicyclic) bond motifs is 1. The maximum atomic E-state index is 6.21. The first kappa shape index (κ1) is 9.14. The Labute approximate surface area is 90.3 Å². The fourth-order valence-corrected chi connectivity index (χ4v) is 2.62. The van der Waals surface area contributed by atoms with E-state index in [0.29, 0.717) is 18.9 Å². The maximum absolute atomic E-state index is 6.21. The molecule has 15 heavy (non-hydrogen) atoms. The summed E-state index contributed by atoms with van der Waals surface area (Å²) in [5.74, 6) is 0. The minimum absolute atomic E-state index is 0.437. The summed E-state index contributed by atoms with van der Waals surface area (Å²) >= 11 is 1.50. The molecule has 0 amide bonds. The van der Waals surface area contributed by atoms with Crippen LogP contribution in [0.3, 0.4) is 0 Å². The van der Waals surface area contributed by atoms with Crippen LogP contribution in [0.4, 0.5) is 0 Å². The molecule has 1 aliphatic rings. The Balaban J connectivity index is 2.11. The van der Waals surface area contributed by atoms with Crippen molar-refractivity contribution in [3.8, 4) is 0 Å². The Kier molecular flexibility index (Phi) is 1.95. The molecule has 0 radical (unpaired) electrons. The number of thiazole rings is 1. The van der Waals surface area contributed by atoms with Gasteiger partial charge in [0.2, 0.25) is 0 Å². The molecule has 78 valence electrons. The lowest BCUT2D eigenvalue weighted by Gasteiger charge is -2.17. The van der Waals surface area contributed by atoms with Crippen molar-refractivity contribution in [2.75, 3.05) is 13.2 Å². The summed E-state index contributed by atoms with van der Waals surface area (Å²) in [6.45, 7) is 1.24. The first-order chi connectivity index (χ1) is 7.28. The molecule has 1 saturated heterocycles. The fourth-order valence-electron chi connectivity index (χ4n) is 1.64. The first-order valence-corrected chi connectivity index (χ1v) is 5.54. The molecule has 3 rings (SSSR count). The van der Waals surface area contributed by atoms with Gasteiger partial charge in [0.25, 0.3) is 0 Å². The van der Waals surface area contributed by atoms with Crippen molar-refractivity contribution >= 4 is 21.8 Å². The van der Waals surface area contributed by atoms with Crippen LogP contribution in [0.5, 0.6) is 0 Å². The second-order valence-electron chi connectivity index (χ2n) is 3.66. The average molecular weight is 222 g/mol. The monoisotopic (exact) mass is 222 g/mol. The van der Waals surface area contributed by atoms with E-state index in [1.54, 1.807) is 12.4 Å².